The smallest absolute Gasteiger partial charge is 0.179 e. The normalized spacial score (nSPS) is 20.9. The number of aliphatic hydroxyl groups is 1. The van der Waals surface area contributed by atoms with Gasteiger partial charge in [-0.25, -0.2) is 8.42 Å². The Morgan fingerprint density at radius 1 is 1.24 bits per heavy atom. The van der Waals surface area contributed by atoms with E-state index in [1.54, 1.807) is 12.1 Å². The Hall–Kier alpha value is -0.910. The first-order valence-electron chi connectivity index (χ1n) is 7.42. The standard InChI is InChI=1S/C16H25NO3S/c1-16(2,3)13-4-6-15(7-5-13)21(19,20)11-10-17-9-8-14(18)12-17/h4-7,14,18H,8-12H2,1-3H3/t14-/m0/s1. The Morgan fingerprint density at radius 3 is 2.33 bits per heavy atom. The molecule has 21 heavy (non-hydrogen) atoms. The first-order chi connectivity index (χ1) is 9.68. The van der Waals surface area contributed by atoms with Crippen LogP contribution in [0.5, 0.6) is 0 Å². The van der Waals surface area contributed by atoms with E-state index in [9.17, 15) is 13.5 Å². The van der Waals surface area contributed by atoms with Crippen LogP contribution in [0.3, 0.4) is 0 Å². The third-order valence-electron chi connectivity index (χ3n) is 4.00. The molecule has 0 aromatic heterocycles. The van der Waals surface area contributed by atoms with E-state index < -0.39 is 9.84 Å². The summed E-state index contributed by atoms with van der Waals surface area (Å²) in [5.41, 5.74) is 1.15. The number of β-amino-alcohol motifs (C(OH)–C–C–N with tert-alkyl or cyclic N) is 1. The average Bonchev–Trinajstić information content (AvgIpc) is 2.82. The second-order valence-corrected chi connectivity index (χ2v) is 8.95. The second kappa shape index (κ2) is 6.07. The van der Waals surface area contributed by atoms with Gasteiger partial charge in [-0.15, -0.1) is 0 Å². The van der Waals surface area contributed by atoms with Gasteiger partial charge in [0.25, 0.3) is 0 Å². The van der Waals surface area contributed by atoms with Gasteiger partial charge in [0.15, 0.2) is 9.84 Å². The van der Waals surface area contributed by atoms with Gasteiger partial charge in [0.05, 0.1) is 16.8 Å². The van der Waals surface area contributed by atoms with Gasteiger partial charge in [0, 0.05) is 19.6 Å². The third kappa shape index (κ3) is 4.28. The lowest BCUT2D eigenvalue weighted by molar-refractivity contribution is 0.178. The fourth-order valence-corrected chi connectivity index (χ4v) is 3.83. The van der Waals surface area contributed by atoms with E-state index in [4.69, 9.17) is 0 Å². The van der Waals surface area contributed by atoms with Crippen LogP contribution in [-0.2, 0) is 15.3 Å². The molecule has 1 aromatic rings. The van der Waals surface area contributed by atoms with E-state index in [0.29, 0.717) is 18.0 Å². The summed E-state index contributed by atoms with van der Waals surface area (Å²) in [6.45, 7) is 8.16. The number of aliphatic hydroxyl groups excluding tert-OH is 1. The summed E-state index contributed by atoms with van der Waals surface area (Å²) in [6.07, 6.45) is 0.430. The number of nitrogens with zero attached hydrogens (tertiary/aromatic N) is 1. The van der Waals surface area contributed by atoms with Crippen LogP contribution in [0.1, 0.15) is 32.8 Å². The van der Waals surface area contributed by atoms with E-state index in [-0.39, 0.29) is 17.3 Å². The predicted molar refractivity (Wildman–Crippen MR) is 84.3 cm³/mol. The summed E-state index contributed by atoms with van der Waals surface area (Å²) < 4.78 is 24.7. The van der Waals surface area contributed by atoms with Gasteiger partial charge in [-0.05, 0) is 29.5 Å². The third-order valence-corrected chi connectivity index (χ3v) is 5.71. The van der Waals surface area contributed by atoms with Gasteiger partial charge in [0.1, 0.15) is 0 Å². The first-order valence-corrected chi connectivity index (χ1v) is 9.07. The maximum Gasteiger partial charge on any atom is 0.179 e. The zero-order valence-electron chi connectivity index (χ0n) is 13.0. The molecule has 0 aliphatic carbocycles. The Morgan fingerprint density at radius 2 is 1.86 bits per heavy atom. The van der Waals surface area contributed by atoms with Gasteiger partial charge < -0.3 is 5.11 Å². The van der Waals surface area contributed by atoms with Gasteiger partial charge in [-0.1, -0.05) is 32.9 Å². The van der Waals surface area contributed by atoms with Crippen molar-refractivity contribution in [2.24, 2.45) is 0 Å². The van der Waals surface area contributed by atoms with Crippen molar-refractivity contribution >= 4 is 9.84 Å². The molecule has 0 spiro atoms. The molecule has 1 N–H and O–H groups in total. The van der Waals surface area contributed by atoms with Crippen LogP contribution in [0.15, 0.2) is 29.2 Å². The lowest BCUT2D eigenvalue weighted by atomic mass is 9.87. The monoisotopic (exact) mass is 311 g/mol. The summed E-state index contributed by atoms with van der Waals surface area (Å²) in [5, 5.41) is 9.46. The number of likely N-dealkylation sites (tertiary alicyclic amines) is 1. The quantitative estimate of drug-likeness (QED) is 0.921. The summed E-state index contributed by atoms with van der Waals surface area (Å²) >= 11 is 0. The summed E-state index contributed by atoms with van der Waals surface area (Å²) in [5.74, 6) is 0.106. The second-order valence-electron chi connectivity index (χ2n) is 6.84. The summed E-state index contributed by atoms with van der Waals surface area (Å²) in [4.78, 5) is 2.39. The van der Waals surface area contributed by atoms with E-state index in [1.807, 2.05) is 17.0 Å². The molecule has 0 saturated carbocycles. The fraction of sp³-hybridized carbons (Fsp3) is 0.625. The molecule has 1 fully saturated rings. The van der Waals surface area contributed by atoms with Gasteiger partial charge in [-0.3, -0.25) is 4.90 Å². The molecule has 0 radical (unpaired) electrons. The molecule has 1 saturated heterocycles. The molecule has 118 valence electrons. The van der Waals surface area contributed by atoms with E-state index in [1.165, 1.54) is 0 Å². The summed E-state index contributed by atoms with van der Waals surface area (Å²) in [6, 6.07) is 7.20. The zero-order valence-corrected chi connectivity index (χ0v) is 13.9. The predicted octanol–water partition coefficient (Wildman–Crippen LogP) is 1.82. The van der Waals surface area contributed by atoms with Crippen molar-refractivity contribution in [3.8, 4) is 0 Å². The molecule has 5 heteroatoms. The van der Waals surface area contributed by atoms with Crippen LogP contribution in [0.4, 0.5) is 0 Å². The van der Waals surface area contributed by atoms with Gasteiger partial charge in [0.2, 0.25) is 0 Å². The number of hydrogen-bond donors (Lipinski definition) is 1. The van der Waals surface area contributed by atoms with E-state index in [2.05, 4.69) is 20.8 Å². The topological polar surface area (TPSA) is 57.6 Å². The van der Waals surface area contributed by atoms with E-state index >= 15 is 0 Å². The Balaban J connectivity index is 2.02. The number of sulfone groups is 1. The molecule has 1 heterocycles. The van der Waals surface area contributed by atoms with Crippen LogP contribution in [-0.4, -0.2) is 49.9 Å². The van der Waals surface area contributed by atoms with Crippen molar-refractivity contribution in [1.82, 2.24) is 4.90 Å². The Kier molecular flexibility index (Phi) is 4.76. The van der Waals surface area contributed by atoms with Crippen molar-refractivity contribution in [1.29, 1.82) is 0 Å². The van der Waals surface area contributed by atoms with Crippen molar-refractivity contribution in [2.75, 3.05) is 25.4 Å². The molecule has 0 bridgehead atoms. The molecular formula is C16H25NO3S. The minimum atomic E-state index is -3.25. The zero-order chi connectivity index (χ0) is 15.7. The SMILES string of the molecule is CC(C)(C)c1ccc(S(=O)(=O)CCN2CC[C@H](O)C2)cc1. The van der Waals surface area contributed by atoms with Gasteiger partial charge >= 0.3 is 0 Å². The number of benzene rings is 1. The minimum Gasteiger partial charge on any atom is -0.392 e. The molecule has 4 nitrogen and oxygen atoms in total. The van der Waals surface area contributed by atoms with Crippen LogP contribution < -0.4 is 0 Å². The maximum absolute atomic E-state index is 12.3. The van der Waals surface area contributed by atoms with Crippen LogP contribution in [0, 0.1) is 0 Å². The molecule has 0 unspecified atom stereocenters. The number of hydrogen-bond acceptors (Lipinski definition) is 4. The molecule has 1 aromatic carbocycles. The fourth-order valence-electron chi connectivity index (χ4n) is 2.54. The molecule has 1 atom stereocenters. The highest BCUT2D eigenvalue weighted by Crippen LogP contribution is 2.23. The van der Waals surface area contributed by atoms with Gasteiger partial charge in [-0.2, -0.15) is 0 Å². The minimum absolute atomic E-state index is 0.0218. The van der Waals surface area contributed by atoms with E-state index in [0.717, 1.165) is 18.5 Å². The highest BCUT2D eigenvalue weighted by atomic mass is 32.2. The first kappa shape index (κ1) is 16.5. The van der Waals surface area contributed by atoms with Crippen molar-refractivity contribution < 1.29 is 13.5 Å². The van der Waals surface area contributed by atoms with Crippen LogP contribution in [0.25, 0.3) is 0 Å². The largest absolute Gasteiger partial charge is 0.392 e. The molecule has 1 aliphatic heterocycles. The molecule has 1 aliphatic rings. The highest BCUT2D eigenvalue weighted by molar-refractivity contribution is 7.91. The Labute approximate surface area is 127 Å². The van der Waals surface area contributed by atoms with Crippen molar-refractivity contribution in [2.45, 2.75) is 43.6 Å². The lowest BCUT2D eigenvalue weighted by Gasteiger charge is -2.19. The molecular weight excluding hydrogens is 286 g/mol. The summed E-state index contributed by atoms with van der Waals surface area (Å²) in [7, 11) is -3.25. The van der Waals surface area contributed by atoms with Crippen molar-refractivity contribution in [3.63, 3.8) is 0 Å². The lowest BCUT2D eigenvalue weighted by Crippen LogP contribution is -2.28. The Bertz CT molecular complexity index is 573. The molecule has 2 rings (SSSR count). The average molecular weight is 311 g/mol. The molecule has 0 amide bonds. The maximum atomic E-state index is 12.3. The van der Waals surface area contributed by atoms with Crippen LogP contribution >= 0.6 is 0 Å². The highest BCUT2D eigenvalue weighted by Gasteiger charge is 2.23. The number of rotatable bonds is 4. The van der Waals surface area contributed by atoms with Crippen molar-refractivity contribution in [3.05, 3.63) is 29.8 Å². The van der Waals surface area contributed by atoms with Crippen LogP contribution in [0.2, 0.25) is 0 Å².